The molecule has 2 aromatic heterocycles. The Morgan fingerprint density at radius 1 is 1.19 bits per heavy atom. The van der Waals surface area contributed by atoms with Gasteiger partial charge in [0.15, 0.2) is 6.10 Å². The van der Waals surface area contributed by atoms with Crippen LogP contribution in [0.25, 0.3) is 22.2 Å². The number of nitrogens with one attached hydrogen (secondary N) is 2. The fourth-order valence-corrected chi connectivity index (χ4v) is 4.14. The van der Waals surface area contributed by atoms with Gasteiger partial charge in [0.25, 0.3) is 0 Å². The second-order valence-corrected chi connectivity index (χ2v) is 10.3. The number of aliphatic hydroxyl groups is 1. The smallest absolute Gasteiger partial charge is 0.382 e. The normalized spacial score (nSPS) is 14.1. The van der Waals surface area contributed by atoms with E-state index in [9.17, 15) is 30.9 Å². The van der Waals surface area contributed by atoms with Crippen molar-refractivity contribution in [2.45, 2.75) is 18.5 Å². The molecule has 1 aromatic carbocycles. The van der Waals surface area contributed by atoms with E-state index in [4.69, 9.17) is 5.11 Å². The number of nitrogens with zero attached hydrogens (tertiary/aromatic N) is 2. The summed E-state index contributed by atoms with van der Waals surface area (Å²) in [4.78, 5) is 10.0. The molecule has 13 heteroatoms. The highest BCUT2D eigenvalue weighted by atomic mass is 31.2. The number of halogens is 6. The zero-order valence-electron chi connectivity index (χ0n) is 16.1. The van der Waals surface area contributed by atoms with Crippen LogP contribution >= 0.6 is 7.14 Å². The van der Waals surface area contributed by atoms with E-state index < -0.39 is 49.3 Å². The van der Waals surface area contributed by atoms with Crippen LogP contribution in [0.3, 0.4) is 0 Å². The fourth-order valence-electron chi connectivity index (χ4n) is 2.97. The number of rotatable bonds is 5. The van der Waals surface area contributed by atoms with Gasteiger partial charge in [-0.05, 0) is 19.4 Å². The summed E-state index contributed by atoms with van der Waals surface area (Å²) in [5, 5.41) is 11.9. The Balaban J connectivity index is 2.12. The monoisotopic (exact) mass is 466 g/mol. The topological polar surface area (TPSA) is 90.9 Å². The minimum Gasteiger partial charge on any atom is -0.382 e. The highest BCUT2D eigenvalue weighted by molar-refractivity contribution is 7.70. The molecule has 3 aromatic rings. The number of fused-ring (bicyclic) bond motifs is 1. The van der Waals surface area contributed by atoms with Gasteiger partial charge in [0.05, 0.1) is 17.8 Å². The van der Waals surface area contributed by atoms with Gasteiger partial charge in [-0.15, -0.1) is 0 Å². The maximum absolute atomic E-state index is 13.6. The molecule has 2 heterocycles. The molecule has 0 radical (unpaired) electrons. The third-order valence-corrected chi connectivity index (χ3v) is 5.99. The highest BCUT2D eigenvalue weighted by Crippen LogP contribution is 2.41. The first-order chi connectivity index (χ1) is 14.2. The molecule has 1 atom stereocenters. The number of H-pyrrole nitrogens is 1. The molecule has 0 aliphatic rings. The number of aromatic nitrogens is 3. The van der Waals surface area contributed by atoms with Crippen molar-refractivity contribution in [2.75, 3.05) is 25.2 Å². The van der Waals surface area contributed by atoms with E-state index in [2.05, 4.69) is 20.3 Å². The molecule has 0 bridgehead atoms. The SMILES string of the molecule is CP(C)(=O)c1cccc2c(-c3nc(NCC(O)C(F)(F)F)ncc3C(F)(F)F)c[nH]c12. The van der Waals surface area contributed by atoms with Crippen LogP contribution in [0.4, 0.5) is 32.3 Å². The largest absolute Gasteiger partial charge is 0.419 e. The lowest BCUT2D eigenvalue weighted by Crippen LogP contribution is -2.35. The summed E-state index contributed by atoms with van der Waals surface area (Å²) in [5.41, 5.74) is -1.38. The lowest BCUT2D eigenvalue weighted by Gasteiger charge is -2.16. The maximum atomic E-state index is 13.6. The lowest BCUT2D eigenvalue weighted by molar-refractivity contribution is -0.198. The van der Waals surface area contributed by atoms with Gasteiger partial charge in [0.2, 0.25) is 5.95 Å². The number of hydrogen-bond donors (Lipinski definition) is 3. The van der Waals surface area contributed by atoms with Gasteiger partial charge in [-0.25, -0.2) is 9.97 Å². The van der Waals surface area contributed by atoms with E-state index in [1.54, 1.807) is 12.1 Å². The molecule has 0 spiro atoms. The van der Waals surface area contributed by atoms with Gasteiger partial charge in [-0.2, -0.15) is 26.3 Å². The molecule has 3 rings (SSSR count). The number of benzene rings is 1. The third kappa shape index (κ3) is 4.85. The Kier molecular flexibility index (Phi) is 5.83. The van der Waals surface area contributed by atoms with E-state index in [-0.39, 0.29) is 5.56 Å². The van der Waals surface area contributed by atoms with Gasteiger partial charge >= 0.3 is 12.4 Å². The summed E-state index contributed by atoms with van der Waals surface area (Å²) in [6.07, 6.45) is -10.8. The molecule has 31 heavy (non-hydrogen) atoms. The van der Waals surface area contributed by atoms with Gasteiger partial charge < -0.3 is 20.0 Å². The van der Waals surface area contributed by atoms with Gasteiger partial charge in [0, 0.05) is 28.6 Å². The molecular formula is C18H17F6N4O2P. The van der Waals surface area contributed by atoms with Crippen molar-refractivity contribution in [3.05, 3.63) is 36.2 Å². The minimum absolute atomic E-state index is 0.0134. The average Bonchev–Trinajstić information content (AvgIpc) is 3.07. The summed E-state index contributed by atoms with van der Waals surface area (Å²) < 4.78 is 90.7. The van der Waals surface area contributed by atoms with Crippen LogP contribution in [-0.4, -0.2) is 52.2 Å². The molecule has 168 valence electrons. The molecule has 0 saturated heterocycles. The number of para-hydroxylation sites is 1. The molecule has 6 nitrogen and oxygen atoms in total. The van der Waals surface area contributed by atoms with Gasteiger partial charge in [0.1, 0.15) is 12.7 Å². The van der Waals surface area contributed by atoms with E-state index in [0.29, 0.717) is 22.4 Å². The standard InChI is InChI=1S/C18H17F6N4O2P/c1-31(2,30)12-5-3-4-9-10(6-25-15(9)12)14-11(17(19,20)21)7-26-16(28-14)27-8-13(29)18(22,23)24/h3-7,13,25,29H,8H2,1-2H3,(H,26,27,28). The molecule has 0 saturated carbocycles. The minimum atomic E-state index is -4.91. The van der Waals surface area contributed by atoms with E-state index in [1.807, 2.05) is 0 Å². The van der Waals surface area contributed by atoms with Gasteiger partial charge in [-0.3, -0.25) is 0 Å². The predicted molar refractivity (Wildman–Crippen MR) is 104 cm³/mol. The third-order valence-electron chi connectivity index (χ3n) is 4.45. The van der Waals surface area contributed by atoms with Crippen LogP contribution in [-0.2, 0) is 10.7 Å². The van der Waals surface area contributed by atoms with Crippen molar-refractivity contribution in [1.29, 1.82) is 0 Å². The van der Waals surface area contributed by atoms with Crippen molar-refractivity contribution in [2.24, 2.45) is 0 Å². The van der Waals surface area contributed by atoms with Crippen LogP contribution in [0.5, 0.6) is 0 Å². The molecular weight excluding hydrogens is 449 g/mol. The van der Waals surface area contributed by atoms with Gasteiger partial charge in [-0.1, -0.05) is 12.1 Å². The molecule has 0 amide bonds. The molecule has 0 aliphatic carbocycles. The van der Waals surface area contributed by atoms with Crippen molar-refractivity contribution in [1.82, 2.24) is 15.0 Å². The lowest BCUT2D eigenvalue weighted by atomic mass is 10.1. The van der Waals surface area contributed by atoms with Crippen LogP contribution in [0.15, 0.2) is 30.6 Å². The van der Waals surface area contributed by atoms with E-state index in [1.165, 1.54) is 25.6 Å². The van der Waals surface area contributed by atoms with Crippen molar-refractivity contribution in [3.8, 4) is 11.3 Å². The van der Waals surface area contributed by atoms with Crippen LogP contribution in [0.2, 0.25) is 0 Å². The predicted octanol–water partition coefficient (Wildman–Crippen LogP) is 4.23. The second kappa shape index (κ2) is 7.83. The van der Waals surface area contributed by atoms with Crippen molar-refractivity contribution < 1.29 is 36.0 Å². The number of aromatic amines is 1. The Hall–Kier alpha value is -2.59. The first-order valence-electron chi connectivity index (χ1n) is 8.78. The number of hydrogen-bond acceptors (Lipinski definition) is 5. The quantitative estimate of drug-likeness (QED) is 0.387. The van der Waals surface area contributed by atoms with E-state index >= 15 is 0 Å². The Morgan fingerprint density at radius 2 is 1.87 bits per heavy atom. The zero-order chi connectivity index (χ0) is 23.2. The van der Waals surface area contributed by atoms with Crippen LogP contribution in [0, 0.1) is 0 Å². The molecule has 3 N–H and O–H groups in total. The second-order valence-electron chi connectivity index (χ2n) is 7.14. The Bertz CT molecular complexity index is 1150. The number of anilines is 1. The fraction of sp³-hybridized carbons (Fsp3) is 0.333. The van der Waals surface area contributed by atoms with Crippen LogP contribution < -0.4 is 10.6 Å². The summed E-state index contributed by atoms with van der Waals surface area (Å²) in [6.45, 7) is 1.99. The summed E-state index contributed by atoms with van der Waals surface area (Å²) in [7, 11) is -2.77. The molecule has 0 fully saturated rings. The van der Waals surface area contributed by atoms with E-state index in [0.717, 1.165) is 0 Å². The van der Waals surface area contributed by atoms with Crippen LogP contribution in [0.1, 0.15) is 5.56 Å². The molecule has 1 unspecified atom stereocenters. The first-order valence-corrected chi connectivity index (χ1v) is 11.4. The Labute approximate surface area is 172 Å². The Morgan fingerprint density at radius 3 is 2.45 bits per heavy atom. The first kappa shape index (κ1) is 23.1. The zero-order valence-corrected chi connectivity index (χ0v) is 17.0. The summed E-state index contributed by atoms with van der Waals surface area (Å²) >= 11 is 0. The average molecular weight is 466 g/mol. The summed E-state index contributed by atoms with van der Waals surface area (Å²) in [5.74, 6) is -0.520. The highest BCUT2D eigenvalue weighted by Gasteiger charge is 2.39. The maximum Gasteiger partial charge on any atom is 0.419 e. The van der Waals surface area contributed by atoms with Crippen molar-refractivity contribution >= 4 is 29.3 Å². The number of alkyl halides is 6. The number of aliphatic hydroxyl groups excluding tert-OH is 1. The summed E-state index contributed by atoms with van der Waals surface area (Å²) in [6, 6.07) is 4.66. The van der Waals surface area contributed by atoms with Crippen molar-refractivity contribution in [3.63, 3.8) is 0 Å². The molecule has 0 aliphatic heterocycles.